The van der Waals surface area contributed by atoms with Crippen LogP contribution in [0.2, 0.25) is 0 Å². The maximum atomic E-state index is 14.4. The van der Waals surface area contributed by atoms with Gasteiger partial charge >= 0.3 is 18.3 Å². The molecule has 0 atom stereocenters. The van der Waals surface area contributed by atoms with Gasteiger partial charge in [-0.3, -0.25) is 9.59 Å². The lowest BCUT2D eigenvalue weighted by Gasteiger charge is -2.71. The molecule has 0 unspecified atom stereocenters. The van der Waals surface area contributed by atoms with Gasteiger partial charge in [-0.05, 0) is 91.6 Å². The lowest BCUT2D eigenvalue weighted by molar-refractivity contribution is -0.236. The summed E-state index contributed by atoms with van der Waals surface area (Å²) in [5.41, 5.74) is -3.10. The first-order chi connectivity index (χ1) is 21.0. The minimum absolute atomic E-state index is 0.0845. The zero-order valence-corrected chi connectivity index (χ0v) is 23.9. The number of halogens is 7. The van der Waals surface area contributed by atoms with E-state index in [9.17, 15) is 45.4 Å². The molecule has 4 aliphatic rings. The number of aliphatic carboxylic acids is 1. The lowest BCUT2D eigenvalue weighted by Crippen LogP contribution is -2.73. The second-order valence-corrected chi connectivity index (χ2v) is 13.5. The zero-order valence-electron chi connectivity index (χ0n) is 23.1. The van der Waals surface area contributed by atoms with Crippen molar-refractivity contribution in [3.8, 4) is 11.1 Å². The highest BCUT2D eigenvalue weighted by Gasteiger charge is 2.81. The lowest BCUT2D eigenvalue weighted by atomic mass is 9.32. The van der Waals surface area contributed by atoms with Crippen LogP contribution in [0.4, 0.5) is 30.7 Å². The highest BCUT2D eigenvalue weighted by molar-refractivity contribution is 7.99. The number of alkyl halides is 6. The Kier molecular flexibility index (Phi) is 6.27. The Morgan fingerprint density at radius 2 is 1.51 bits per heavy atom. The SMILES string of the molecule is O=C(NC1(C23CC(C(=O)O)(C2)C3)CC1)c1ccc(-c2cc(F)cc(C(F)(F)F)c2)c2[nH]cc(Sc3ccc(C(F)(F)F)cc3)c12. The van der Waals surface area contributed by atoms with Crippen LogP contribution in [0.3, 0.4) is 0 Å². The largest absolute Gasteiger partial charge is 0.481 e. The van der Waals surface area contributed by atoms with Crippen LogP contribution in [0.1, 0.15) is 53.6 Å². The van der Waals surface area contributed by atoms with Gasteiger partial charge in [-0.25, -0.2) is 4.39 Å². The Bertz CT molecular complexity index is 1870. The third-order valence-electron chi connectivity index (χ3n) is 9.59. The molecule has 4 fully saturated rings. The molecular weight excluding hydrogens is 625 g/mol. The molecule has 13 heteroatoms. The van der Waals surface area contributed by atoms with Crippen molar-refractivity contribution >= 4 is 34.5 Å². The first kappa shape index (κ1) is 29.7. The van der Waals surface area contributed by atoms with Crippen molar-refractivity contribution in [1.82, 2.24) is 10.3 Å². The van der Waals surface area contributed by atoms with Gasteiger partial charge in [0, 0.05) is 38.0 Å². The van der Waals surface area contributed by atoms with Gasteiger partial charge in [0.15, 0.2) is 0 Å². The first-order valence-corrected chi connectivity index (χ1v) is 14.8. The minimum Gasteiger partial charge on any atom is -0.481 e. The van der Waals surface area contributed by atoms with E-state index in [0.717, 1.165) is 36.0 Å². The number of hydrogen-bond donors (Lipinski definition) is 3. The van der Waals surface area contributed by atoms with Crippen molar-refractivity contribution < 1.29 is 45.4 Å². The summed E-state index contributed by atoms with van der Waals surface area (Å²) in [5, 5.41) is 13.0. The van der Waals surface area contributed by atoms with Crippen LogP contribution in [-0.2, 0) is 17.1 Å². The molecule has 4 saturated carbocycles. The number of rotatable bonds is 7. The van der Waals surface area contributed by atoms with Crippen molar-refractivity contribution in [2.75, 3.05) is 0 Å². The number of aromatic nitrogens is 1. The van der Waals surface area contributed by atoms with E-state index in [-0.39, 0.29) is 27.6 Å². The Hall–Kier alpha value is -4.00. The van der Waals surface area contributed by atoms with E-state index in [1.54, 1.807) is 0 Å². The van der Waals surface area contributed by atoms with E-state index in [0.29, 0.717) is 53.3 Å². The number of carboxylic acid groups (broad SMARTS) is 1. The number of H-pyrrole nitrogens is 1. The monoisotopic (exact) mass is 648 g/mol. The van der Waals surface area contributed by atoms with Gasteiger partial charge in [0.1, 0.15) is 5.82 Å². The van der Waals surface area contributed by atoms with Gasteiger partial charge in [0.05, 0.1) is 22.1 Å². The molecule has 8 rings (SSSR count). The fourth-order valence-electron chi connectivity index (χ4n) is 7.20. The average molecular weight is 649 g/mol. The van der Waals surface area contributed by atoms with Gasteiger partial charge in [-0.15, -0.1) is 0 Å². The van der Waals surface area contributed by atoms with Crippen molar-refractivity contribution in [2.24, 2.45) is 10.8 Å². The Balaban J connectivity index is 1.28. The first-order valence-electron chi connectivity index (χ1n) is 14.0. The molecular formula is C32H23F7N2O3S. The van der Waals surface area contributed by atoms with Crippen LogP contribution in [0, 0.1) is 16.6 Å². The zero-order chi connectivity index (χ0) is 32.2. The maximum absolute atomic E-state index is 14.4. The highest BCUT2D eigenvalue weighted by atomic mass is 32.2. The van der Waals surface area contributed by atoms with Crippen molar-refractivity contribution in [1.29, 1.82) is 0 Å². The second-order valence-electron chi connectivity index (χ2n) is 12.3. The molecule has 4 aromatic rings. The predicted octanol–water partition coefficient (Wildman–Crippen LogP) is 8.68. The topological polar surface area (TPSA) is 82.2 Å². The summed E-state index contributed by atoms with van der Waals surface area (Å²) in [4.78, 5) is 29.4. The normalized spacial score (nSPS) is 23.3. The molecule has 3 aromatic carbocycles. The predicted molar refractivity (Wildman–Crippen MR) is 150 cm³/mol. The molecule has 45 heavy (non-hydrogen) atoms. The maximum Gasteiger partial charge on any atom is 0.416 e. The van der Waals surface area contributed by atoms with Crippen molar-refractivity contribution in [3.05, 3.63) is 83.3 Å². The summed E-state index contributed by atoms with van der Waals surface area (Å²) in [6, 6.07) is 9.41. The summed E-state index contributed by atoms with van der Waals surface area (Å²) in [7, 11) is 0. The molecule has 0 aliphatic heterocycles. The smallest absolute Gasteiger partial charge is 0.416 e. The molecule has 1 heterocycles. The molecule has 3 N–H and O–H groups in total. The Morgan fingerprint density at radius 1 is 0.867 bits per heavy atom. The molecule has 4 aliphatic carbocycles. The fraction of sp³-hybridized carbons (Fsp3) is 0.312. The fourth-order valence-corrected chi connectivity index (χ4v) is 8.15. The number of carbonyl (C=O) groups excluding carboxylic acids is 1. The van der Waals surface area contributed by atoms with Crippen LogP contribution in [-0.4, -0.2) is 27.5 Å². The van der Waals surface area contributed by atoms with E-state index in [4.69, 9.17) is 0 Å². The summed E-state index contributed by atoms with van der Waals surface area (Å²) in [6.07, 6.45) is -5.05. The van der Waals surface area contributed by atoms with E-state index in [2.05, 4.69) is 10.3 Å². The van der Waals surface area contributed by atoms with E-state index in [1.807, 2.05) is 0 Å². The molecule has 5 nitrogen and oxygen atoms in total. The van der Waals surface area contributed by atoms with Gasteiger partial charge < -0.3 is 15.4 Å². The van der Waals surface area contributed by atoms with Gasteiger partial charge in [0.2, 0.25) is 0 Å². The summed E-state index contributed by atoms with van der Waals surface area (Å²) >= 11 is 1.06. The standard InChI is InChI=1S/C32H23F7N2O3S/c33-19-10-16(9-18(11-19)32(37,38)39)21-5-6-22(26(42)41-30(7-8-30)29-13-28(14-29,15-29)27(43)44)24-23(12-40-25(21)24)45-20-3-1-17(2-4-20)31(34,35)36/h1-6,9-12,40H,7-8,13-15H2,(H,41,42)(H,43,44). The third-order valence-corrected chi connectivity index (χ3v) is 10.6. The van der Waals surface area contributed by atoms with Crippen LogP contribution < -0.4 is 5.32 Å². The number of hydrogen-bond acceptors (Lipinski definition) is 3. The Labute approximate surface area is 255 Å². The molecule has 0 radical (unpaired) electrons. The van der Waals surface area contributed by atoms with Crippen LogP contribution in [0.25, 0.3) is 22.0 Å². The van der Waals surface area contributed by atoms with Crippen LogP contribution >= 0.6 is 11.8 Å². The van der Waals surface area contributed by atoms with E-state index < -0.39 is 52.1 Å². The van der Waals surface area contributed by atoms with E-state index >= 15 is 0 Å². The molecule has 1 aromatic heterocycles. The Morgan fingerprint density at radius 3 is 2.09 bits per heavy atom. The van der Waals surface area contributed by atoms with Gasteiger partial charge in [0.25, 0.3) is 5.91 Å². The molecule has 0 spiro atoms. The molecule has 234 valence electrons. The van der Waals surface area contributed by atoms with Gasteiger partial charge in [-0.2, -0.15) is 26.3 Å². The number of nitrogens with one attached hydrogen (secondary N) is 2. The summed E-state index contributed by atoms with van der Waals surface area (Å²) in [5.74, 6) is -2.41. The third kappa shape index (κ3) is 4.69. The summed E-state index contributed by atoms with van der Waals surface area (Å²) in [6.45, 7) is 0. The molecule has 2 bridgehead atoms. The number of carbonyl (C=O) groups is 2. The number of carboxylic acids is 1. The van der Waals surface area contributed by atoms with Crippen LogP contribution in [0.15, 0.2) is 70.6 Å². The summed E-state index contributed by atoms with van der Waals surface area (Å²) < 4.78 is 94.3. The van der Waals surface area contributed by atoms with Gasteiger partial charge in [-0.1, -0.05) is 17.8 Å². The minimum atomic E-state index is -4.81. The van der Waals surface area contributed by atoms with E-state index in [1.165, 1.54) is 30.5 Å². The van der Waals surface area contributed by atoms with Crippen LogP contribution in [0.5, 0.6) is 0 Å². The molecule has 1 amide bonds. The van der Waals surface area contributed by atoms with Crippen molar-refractivity contribution in [2.45, 2.75) is 59.8 Å². The van der Waals surface area contributed by atoms with Crippen molar-refractivity contribution in [3.63, 3.8) is 0 Å². The number of benzene rings is 3. The number of fused-ring (bicyclic) bond motifs is 1. The number of amides is 1. The average Bonchev–Trinajstić information content (AvgIpc) is 3.55. The second kappa shape index (κ2) is 9.51. The number of aromatic amines is 1. The highest BCUT2D eigenvalue weighted by Crippen LogP contribution is 2.81. The molecule has 0 saturated heterocycles. The quantitative estimate of drug-likeness (QED) is 0.175.